The van der Waals surface area contributed by atoms with Crippen LogP contribution in [0.5, 0.6) is 11.5 Å². The molecule has 35 heavy (non-hydrogen) atoms. The average Bonchev–Trinajstić information content (AvgIpc) is 3.25. The highest BCUT2D eigenvalue weighted by molar-refractivity contribution is 8.42. The number of carbonyl (C=O) groups is 1. The van der Waals surface area contributed by atoms with Gasteiger partial charge in [-0.05, 0) is 72.1 Å². The molecule has 0 unspecified atom stereocenters. The molecule has 2 aromatic rings. The number of nitrogens with one attached hydrogen (secondary N) is 1. The van der Waals surface area contributed by atoms with Crippen molar-refractivity contribution in [2.45, 2.75) is 20.3 Å². The maximum absolute atomic E-state index is 12.5. The topological polar surface area (TPSA) is 121 Å². The number of thioether (sulfide) groups is 1. The largest absolute Gasteiger partial charge is 0.490 e. The minimum Gasteiger partial charge on any atom is -0.490 e. The molecule has 11 heteroatoms. The second kappa shape index (κ2) is 10.0. The summed E-state index contributed by atoms with van der Waals surface area (Å²) in [6.45, 7) is 4.90. The lowest BCUT2D eigenvalue weighted by Crippen LogP contribution is -2.35. The zero-order valence-electron chi connectivity index (χ0n) is 19.4. The van der Waals surface area contributed by atoms with Crippen LogP contribution in [0.1, 0.15) is 23.6 Å². The molecule has 0 bridgehead atoms. The van der Waals surface area contributed by atoms with Crippen LogP contribution in [0.2, 0.25) is 0 Å². The summed E-state index contributed by atoms with van der Waals surface area (Å²) in [7, 11) is -3.57. The molecule has 1 N–H and O–H groups in total. The summed E-state index contributed by atoms with van der Waals surface area (Å²) in [5.74, 6) is 0.602. The van der Waals surface area contributed by atoms with E-state index in [4.69, 9.17) is 14.9 Å². The Labute approximate surface area is 208 Å². The number of amidine groups is 2. The minimum atomic E-state index is -3.57. The van der Waals surface area contributed by atoms with Gasteiger partial charge in [-0.3, -0.25) is 10.2 Å². The van der Waals surface area contributed by atoms with Crippen LogP contribution < -0.4 is 9.47 Å². The summed E-state index contributed by atoms with van der Waals surface area (Å²) < 4.78 is 34.8. The number of benzene rings is 2. The Morgan fingerprint density at radius 3 is 2.43 bits per heavy atom. The van der Waals surface area contributed by atoms with Crippen LogP contribution in [0.3, 0.4) is 0 Å². The number of aryl methyl sites for hydroxylation is 2. The van der Waals surface area contributed by atoms with E-state index in [9.17, 15) is 13.2 Å². The van der Waals surface area contributed by atoms with Gasteiger partial charge in [-0.15, -0.1) is 5.10 Å². The van der Waals surface area contributed by atoms with Crippen LogP contribution in [-0.4, -0.2) is 54.2 Å². The fraction of sp³-hybridized carbons (Fsp3) is 0.250. The number of ether oxygens (including phenoxy) is 2. The molecule has 0 atom stereocenters. The fourth-order valence-corrected chi connectivity index (χ4v) is 5.07. The van der Waals surface area contributed by atoms with Crippen molar-refractivity contribution >= 4 is 49.0 Å². The molecule has 9 nitrogen and oxygen atoms in total. The third kappa shape index (κ3) is 5.80. The van der Waals surface area contributed by atoms with Gasteiger partial charge in [0.25, 0.3) is 5.91 Å². The van der Waals surface area contributed by atoms with Gasteiger partial charge in [-0.25, -0.2) is 8.42 Å². The summed E-state index contributed by atoms with van der Waals surface area (Å²) >= 11 is 0.752. The number of nitrogens with zero attached hydrogens (tertiary/aromatic N) is 3. The lowest BCUT2D eigenvalue weighted by atomic mass is 10.1. The molecule has 0 radical (unpaired) electrons. The first-order valence-electron chi connectivity index (χ1n) is 10.8. The summed E-state index contributed by atoms with van der Waals surface area (Å²) in [6, 6.07) is 13.2. The third-order valence-corrected chi connectivity index (χ3v) is 7.66. The lowest BCUT2D eigenvalue weighted by Gasteiger charge is -2.20. The molecular formula is C24H24N4O5S2. The Hall–Kier alpha value is -3.44. The minimum absolute atomic E-state index is 0.0134. The number of fused-ring (bicyclic) bond motifs is 1. The summed E-state index contributed by atoms with van der Waals surface area (Å²) in [5, 5.41) is 13.4. The van der Waals surface area contributed by atoms with Gasteiger partial charge in [0.15, 0.2) is 5.84 Å². The summed E-state index contributed by atoms with van der Waals surface area (Å²) in [4.78, 5) is 16.3. The first kappa shape index (κ1) is 24.7. The van der Waals surface area contributed by atoms with E-state index in [2.05, 4.69) is 23.1 Å². The van der Waals surface area contributed by atoms with Crippen LogP contribution in [-0.2, 0) is 21.1 Å². The maximum Gasteiger partial charge on any atom is 0.283 e. The average molecular weight is 513 g/mol. The molecule has 0 saturated heterocycles. The van der Waals surface area contributed by atoms with Gasteiger partial charge in [0.1, 0.15) is 24.7 Å². The van der Waals surface area contributed by atoms with Crippen molar-refractivity contribution in [2.24, 2.45) is 10.1 Å². The van der Waals surface area contributed by atoms with Gasteiger partial charge in [-0.1, -0.05) is 25.1 Å². The molecule has 0 fully saturated rings. The van der Waals surface area contributed by atoms with E-state index < -0.39 is 15.7 Å². The molecule has 0 saturated carbocycles. The molecule has 2 aliphatic heterocycles. The van der Waals surface area contributed by atoms with Crippen LogP contribution in [0.15, 0.2) is 58.1 Å². The Balaban J connectivity index is 1.37. The van der Waals surface area contributed by atoms with Crippen molar-refractivity contribution < 1.29 is 22.7 Å². The first-order chi connectivity index (χ1) is 16.6. The maximum atomic E-state index is 12.5. The molecule has 2 heterocycles. The quantitative estimate of drug-likeness (QED) is 0.444. The number of carbonyl (C=O) groups excluding carboxylic acids is 1. The fourth-order valence-electron chi connectivity index (χ4n) is 3.38. The number of sulfone groups is 1. The van der Waals surface area contributed by atoms with E-state index in [0.717, 1.165) is 40.8 Å². The predicted octanol–water partition coefficient (Wildman–Crippen LogP) is 3.64. The smallest absolute Gasteiger partial charge is 0.283 e. The van der Waals surface area contributed by atoms with Crippen LogP contribution >= 0.6 is 11.8 Å². The highest BCUT2D eigenvalue weighted by Gasteiger charge is 2.38. The van der Waals surface area contributed by atoms with E-state index in [1.54, 1.807) is 24.3 Å². The molecule has 2 aliphatic rings. The zero-order valence-corrected chi connectivity index (χ0v) is 21.1. The van der Waals surface area contributed by atoms with E-state index >= 15 is 0 Å². The van der Waals surface area contributed by atoms with Crippen molar-refractivity contribution in [1.29, 1.82) is 5.41 Å². The number of hydrogen-bond acceptors (Lipinski definition) is 8. The van der Waals surface area contributed by atoms with Gasteiger partial charge >= 0.3 is 0 Å². The Morgan fingerprint density at radius 2 is 1.77 bits per heavy atom. The third-order valence-electron chi connectivity index (χ3n) is 5.08. The zero-order chi connectivity index (χ0) is 25.2. The van der Waals surface area contributed by atoms with Gasteiger partial charge in [0.2, 0.25) is 19.4 Å². The number of aliphatic imine (C=N–C) groups is 1. The number of rotatable bonds is 7. The Morgan fingerprint density at radius 1 is 1.09 bits per heavy atom. The van der Waals surface area contributed by atoms with Crippen molar-refractivity contribution in [2.75, 3.05) is 19.5 Å². The second-order valence-corrected chi connectivity index (χ2v) is 11.1. The summed E-state index contributed by atoms with van der Waals surface area (Å²) in [6.07, 6.45) is 3.47. The molecular weight excluding hydrogens is 488 g/mol. The van der Waals surface area contributed by atoms with E-state index in [-0.39, 0.29) is 21.0 Å². The van der Waals surface area contributed by atoms with Crippen molar-refractivity contribution in [3.05, 3.63) is 64.7 Å². The molecule has 182 valence electrons. The van der Waals surface area contributed by atoms with Gasteiger partial charge in [-0.2, -0.15) is 10.0 Å². The molecule has 1 amide bonds. The first-order valence-corrected chi connectivity index (χ1v) is 13.5. The van der Waals surface area contributed by atoms with Gasteiger partial charge in [0, 0.05) is 6.26 Å². The van der Waals surface area contributed by atoms with E-state index in [1.165, 1.54) is 11.6 Å². The van der Waals surface area contributed by atoms with E-state index in [0.29, 0.717) is 24.5 Å². The van der Waals surface area contributed by atoms with Crippen LogP contribution in [0.25, 0.3) is 6.08 Å². The molecule has 0 aliphatic carbocycles. The van der Waals surface area contributed by atoms with Crippen molar-refractivity contribution in [3.8, 4) is 11.5 Å². The highest BCUT2D eigenvalue weighted by atomic mass is 32.3. The van der Waals surface area contributed by atoms with Crippen molar-refractivity contribution in [1.82, 2.24) is 5.01 Å². The van der Waals surface area contributed by atoms with Crippen molar-refractivity contribution in [3.63, 3.8) is 0 Å². The number of hydrogen-bond donors (Lipinski definition) is 1. The van der Waals surface area contributed by atoms with Crippen LogP contribution in [0.4, 0.5) is 0 Å². The van der Waals surface area contributed by atoms with Gasteiger partial charge < -0.3 is 9.47 Å². The Kier molecular flexibility index (Phi) is 7.08. The monoisotopic (exact) mass is 512 g/mol. The number of hydrazone groups is 1. The standard InChI is InChI=1S/C24H24N4O5S2/c1-4-16-11-15(2)12-19(13-16)33-10-9-32-18-7-5-17(6-8-18)14-20-21(25)28-23(26-22(20)29)34-24(27-28)35(3,30)31/h5-8,11-14,25H,4,9-10H2,1-3H3/b20-14+,25-21?. The second-order valence-electron chi connectivity index (χ2n) is 7.93. The van der Waals surface area contributed by atoms with E-state index in [1.807, 2.05) is 19.1 Å². The Bertz CT molecular complexity index is 1380. The lowest BCUT2D eigenvalue weighted by molar-refractivity contribution is -0.114. The SMILES string of the molecule is CCc1cc(C)cc(OCCOc2ccc(/C=C3\C(=N)N4N=C(S(C)(=O)=O)SC4=NC3=O)cc2)c1. The normalized spacial score (nSPS) is 16.8. The molecule has 2 aromatic carbocycles. The molecule has 0 spiro atoms. The van der Waals surface area contributed by atoms with Crippen LogP contribution in [0, 0.1) is 12.3 Å². The predicted molar refractivity (Wildman–Crippen MR) is 138 cm³/mol. The summed E-state index contributed by atoms with van der Waals surface area (Å²) in [5.41, 5.74) is 3.05. The number of amides is 1. The highest BCUT2D eigenvalue weighted by Crippen LogP contribution is 2.30. The molecule has 4 rings (SSSR count). The van der Waals surface area contributed by atoms with Gasteiger partial charge in [0.05, 0.1) is 5.57 Å². The molecule has 0 aromatic heterocycles.